The molecule has 2 aliphatic heterocycles. The Hall–Kier alpha value is -0.490. The molecule has 3 nitrogen and oxygen atoms in total. The van der Waals surface area contributed by atoms with Gasteiger partial charge < -0.3 is 0 Å². The predicted octanol–water partition coefficient (Wildman–Crippen LogP) is 9.60. The molecule has 0 radical (unpaired) electrons. The van der Waals surface area contributed by atoms with Crippen molar-refractivity contribution in [2.45, 2.75) is 6.54 Å². The SMILES string of the molecule is CSC1=C(SC)SC(=c2c3ccccc3c(=C3SC(SC)=C(SC)S3)c3cc(CN=[N+]=[N-])ccc23)S1. The lowest BCUT2D eigenvalue weighted by Crippen LogP contribution is -2.17. The summed E-state index contributed by atoms with van der Waals surface area (Å²) in [6.45, 7) is 0.350. The van der Waals surface area contributed by atoms with Gasteiger partial charge in [0.25, 0.3) is 0 Å². The van der Waals surface area contributed by atoms with Crippen LogP contribution in [-0.4, -0.2) is 25.0 Å². The molecule has 36 heavy (non-hydrogen) atoms. The summed E-state index contributed by atoms with van der Waals surface area (Å²) >= 11 is 14.9. The number of hydrogen-bond donors (Lipinski definition) is 0. The Morgan fingerprint density at radius 3 is 1.56 bits per heavy atom. The van der Waals surface area contributed by atoms with Crippen LogP contribution in [-0.2, 0) is 6.54 Å². The summed E-state index contributed by atoms with van der Waals surface area (Å²) in [5, 5.41) is 11.5. The van der Waals surface area contributed by atoms with E-state index >= 15 is 0 Å². The largest absolute Gasteiger partial charge is 0.121 e. The van der Waals surface area contributed by atoms with Crippen molar-refractivity contribution >= 4 is 124 Å². The fraction of sp³-hybridized carbons (Fsp3) is 0.200. The lowest BCUT2D eigenvalue weighted by atomic mass is 9.97. The monoisotopic (exact) mass is 619 g/mol. The van der Waals surface area contributed by atoms with Gasteiger partial charge in [-0.1, -0.05) is 94.6 Å². The van der Waals surface area contributed by atoms with E-state index in [4.69, 9.17) is 5.53 Å². The fourth-order valence-corrected chi connectivity index (χ4v) is 14.4. The molecule has 0 aromatic heterocycles. The van der Waals surface area contributed by atoms with Crippen molar-refractivity contribution in [3.63, 3.8) is 0 Å². The van der Waals surface area contributed by atoms with Gasteiger partial charge in [-0.15, -0.1) is 47.0 Å². The van der Waals surface area contributed by atoms with Gasteiger partial charge in [0, 0.05) is 15.3 Å². The molecule has 0 amide bonds. The molecule has 2 aliphatic rings. The van der Waals surface area contributed by atoms with Crippen LogP contribution < -0.4 is 10.4 Å². The maximum atomic E-state index is 8.93. The van der Waals surface area contributed by atoms with Gasteiger partial charge in [0.15, 0.2) is 0 Å². The van der Waals surface area contributed by atoms with Crippen molar-refractivity contribution in [3.8, 4) is 0 Å². The highest BCUT2D eigenvalue weighted by molar-refractivity contribution is 8.46. The first-order valence-electron chi connectivity index (χ1n) is 10.7. The van der Waals surface area contributed by atoms with Crippen LogP contribution in [0.2, 0.25) is 0 Å². The van der Waals surface area contributed by atoms with E-state index in [9.17, 15) is 0 Å². The quantitative estimate of drug-likeness (QED) is 0.117. The van der Waals surface area contributed by atoms with Crippen LogP contribution in [0.5, 0.6) is 0 Å². The number of benzene rings is 3. The van der Waals surface area contributed by atoms with Gasteiger partial charge >= 0.3 is 0 Å². The highest BCUT2D eigenvalue weighted by Crippen LogP contribution is 2.58. The van der Waals surface area contributed by atoms with Crippen LogP contribution in [0, 0.1) is 0 Å². The Labute approximate surface area is 244 Å². The highest BCUT2D eigenvalue weighted by Gasteiger charge is 2.25. The molecule has 3 aromatic carbocycles. The number of thioether (sulfide) groups is 8. The summed E-state index contributed by atoms with van der Waals surface area (Å²) in [4.78, 5) is 3.00. The van der Waals surface area contributed by atoms with Gasteiger partial charge in [0.05, 0.1) is 32.0 Å². The normalized spacial score (nSPS) is 16.1. The summed E-state index contributed by atoms with van der Waals surface area (Å²) in [5.74, 6) is 0. The second kappa shape index (κ2) is 12.1. The molecule has 184 valence electrons. The fourth-order valence-electron chi connectivity index (χ4n) is 4.13. The van der Waals surface area contributed by atoms with Crippen molar-refractivity contribution in [3.05, 3.63) is 85.9 Å². The summed E-state index contributed by atoms with van der Waals surface area (Å²) in [6.07, 6.45) is 8.64. The first kappa shape index (κ1) is 27.1. The standard InChI is InChI=1S/C25H21N3S8/c1-29-22-23(30-2)34-20(33-22)18-14-7-5-6-8-15(14)19(21-35-24(31-3)25(32-4)36-21)17-11-13(12-27-28-26)9-10-16(17)18/h5-11H,12H2,1-4H3. The lowest BCUT2D eigenvalue weighted by Gasteiger charge is -2.12. The molecular weight excluding hydrogens is 599 g/mol. The average molecular weight is 620 g/mol. The first-order valence-corrected chi connectivity index (χ1v) is 18.9. The molecule has 0 spiro atoms. The zero-order valence-electron chi connectivity index (χ0n) is 19.9. The Bertz CT molecular complexity index is 1580. The van der Waals surface area contributed by atoms with Crippen molar-refractivity contribution in [1.82, 2.24) is 0 Å². The van der Waals surface area contributed by atoms with Crippen LogP contribution in [0.3, 0.4) is 0 Å². The minimum Gasteiger partial charge on any atom is -0.121 e. The van der Waals surface area contributed by atoms with E-state index in [1.807, 2.05) is 94.1 Å². The highest BCUT2D eigenvalue weighted by atomic mass is 32.3. The van der Waals surface area contributed by atoms with E-state index in [1.54, 1.807) is 0 Å². The zero-order chi connectivity index (χ0) is 25.2. The van der Waals surface area contributed by atoms with E-state index in [-0.39, 0.29) is 0 Å². The third kappa shape index (κ3) is 5.08. The molecule has 0 saturated carbocycles. The van der Waals surface area contributed by atoms with Crippen molar-refractivity contribution < 1.29 is 0 Å². The van der Waals surface area contributed by atoms with Crippen molar-refractivity contribution in [1.29, 1.82) is 0 Å². The number of fused-ring (bicyclic) bond motifs is 2. The maximum Gasteiger partial charge on any atom is 0.0657 e. The van der Waals surface area contributed by atoms with Gasteiger partial charge in [0.2, 0.25) is 0 Å². The van der Waals surface area contributed by atoms with Crippen molar-refractivity contribution in [2.24, 2.45) is 5.11 Å². The number of azide groups is 1. The van der Waals surface area contributed by atoms with Gasteiger partial charge in [0.1, 0.15) is 0 Å². The second-order valence-corrected chi connectivity index (χ2v) is 16.4. The Morgan fingerprint density at radius 2 is 1.11 bits per heavy atom. The molecule has 3 aromatic rings. The second-order valence-electron chi connectivity index (χ2n) is 7.51. The minimum absolute atomic E-state index is 0.350. The van der Waals surface area contributed by atoms with Crippen LogP contribution >= 0.6 is 94.1 Å². The summed E-state index contributed by atoms with van der Waals surface area (Å²) in [7, 11) is 0. The van der Waals surface area contributed by atoms with E-state index < -0.39 is 0 Å². The Morgan fingerprint density at radius 1 is 0.667 bits per heavy atom. The number of rotatable bonds is 6. The maximum absolute atomic E-state index is 8.93. The molecule has 0 unspecified atom stereocenters. The van der Waals surface area contributed by atoms with Gasteiger partial charge in [-0.05, 0) is 57.7 Å². The van der Waals surface area contributed by atoms with E-state index in [1.165, 1.54) is 57.4 Å². The molecule has 0 N–H and O–H groups in total. The van der Waals surface area contributed by atoms with Gasteiger partial charge in [-0.2, -0.15) is 0 Å². The molecule has 0 saturated heterocycles. The molecule has 0 aliphatic carbocycles. The summed E-state index contributed by atoms with van der Waals surface area (Å²) in [6, 6.07) is 15.4. The smallest absolute Gasteiger partial charge is 0.0657 e. The van der Waals surface area contributed by atoms with Gasteiger partial charge in [-0.25, -0.2) is 0 Å². The topological polar surface area (TPSA) is 48.8 Å². The molecule has 5 rings (SSSR count). The van der Waals surface area contributed by atoms with Crippen LogP contribution in [0.15, 0.2) is 64.5 Å². The number of nitrogens with zero attached hydrogens (tertiary/aromatic N) is 3. The third-order valence-corrected chi connectivity index (χ3v) is 16.1. The molecule has 0 atom stereocenters. The minimum atomic E-state index is 0.350. The zero-order valence-corrected chi connectivity index (χ0v) is 26.4. The molecule has 0 fully saturated rings. The van der Waals surface area contributed by atoms with E-state index in [0.29, 0.717) is 6.54 Å². The Balaban J connectivity index is 1.92. The predicted molar refractivity (Wildman–Crippen MR) is 179 cm³/mol. The first-order chi connectivity index (χ1) is 17.6. The summed E-state index contributed by atoms with van der Waals surface area (Å²) in [5.41, 5.74) is 9.96. The number of hydrogen-bond acceptors (Lipinski definition) is 9. The molecule has 0 bridgehead atoms. The molecule has 11 heteroatoms. The van der Waals surface area contributed by atoms with Gasteiger partial charge in [-0.3, -0.25) is 0 Å². The third-order valence-electron chi connectivity index (χ3n) is 5.63. The molecule has 2 heterocycles. The van der Waals surface area contributed by atoms with Crippen LogP contribution in [0.4, 0.5) is 0 Å². The Kier molecular flexibility index (Phi) is 9.13. The lowest BCUT2D eigenvalue weighted by molar-refractivity contribution is 1.05. The van der Waals surface area contributed by atoms with Crippen molar-refractivity contribution in [2.75, 3.05) is 25.0 Å². The van der Waals surface area contributed by atoms with Crippen LogP contribution in [0.1, 0.15) is 5.56 Å². The van der Waals surface area contributed by atoms with E-state index in [0.717, 1.165) is 5.56 Å². The summed E-state index contributed by atoms with van der Waals surface area (Å²) < 4.78 is 8.13. The molecular formula is C25H21N3S8. The van der Waals surface area contributed by atoms with E-state index in [2.05, 4.69) is 77.5 Å². The van der Waals surface area contributed by atoms with Crippen LogP contribution in [0.25, 0.3) is 40.5 Å². The average Bonchev–Trinajstić information content (AvgIpc) is 3.53.